The molecule has 0 radical (unpaired) electrons. The van der Waals surface area contributed by atoms with Crippen LogP contribution in [0.25, 0.3) is 0 Å². The molecule has 2 N–H and O–H groups in total. The molecule has 5 heteroatoms. The fourth-order valence-electron chi connectivity index (χ4n) is 1.87. The number of nitrogens with two attached hydrogens (primary N) is 1. The highest BCUT2D eigenvalue weighted by Gasteiger charge is 2.49. The van der Waals surface area contributed by atoms with Gasteiger partial charge in [-0.25, -0.2) is 9.18 Å². The molecule has 1 saturated carbocycles. The van der Waals surface area contributed by atoms with Crippen LogP contribution in [0.3, 0.4) is 0 Å². The van der Waals surface area contributed by atoms with Gasteiger partial charge in [0.05, 0.1) is 7.11 Å². The second kappa shape index (κ2) is 4.94. The number of methoxy groups -OCH3 is 1. The van der Waals surface area contributed by atoms with Crippen LogP contribution < -0.4 is 10.5 Å². The third-order valence-corrected chi connectivity index (χ3v) is 3.16. The van der Waals surface area contributed by atoms with Crippen LogP contribution in [-0.2, 0) is 9.53 Å². The lowest BCUT2D eigenvalue weighted by Gasteiger charge is -2.26. The SMILES string of the molecule is COC(=O)C(N)(COc1ccc(F)cc1)C1CC1. The molecule has 98 valence electrons. The maximum atomic E-state index is 12.7. The van der Waals surface area contributed by atoms with E-state index in [0.29, 0.717) is 5.75 Å². The van der Waals surface area contributed by atoms with Crippen LogP contribution in [0, 0.1) is 11.7 Å². The van der Waals surface area contributed by atoms with Crippen molar-refractivity contribution in [1.29, 1.82) is 0 Å². The Kier molecular flexibility index (Phi) is 3.52. The van der Waals surface area contributed by atoms with Gasteiger partial charge in [0, 0.05) is 0 Å². The molecule has 1 aromatic carbocycles. The molecular weight excluding hydrogens is 237 g/mol. The van der Waals surface area contributed by atoms with Gasteiger partial charge < -0.3 is 15.2 Å². The highest BCUT2D eigenvalue weighted by molar-refractivity contribution is 5.81. The van der Waals surface area contributed by atoms with Gasteiger partial charge >= 0.3 is 5.97 Å². The molecule has 4 nitrogen and oxygen atoms in total. The molecular formula is C13H16FNO3. The second-order valence-electron chi connectivity index (χ2n) is 4.55. The van der Waals surface area contributed by atoms with Gasteiger partial charge in [-0.3, -0.25) is 0 Å². The molecule has 1 aliphatic rings. The smallest absolute Gasteiger partial charge is 0.329 e. The van der Waals surface area contributed by atoms with Crippen molar-refractivity contribution >= 4 is 5.97 Å². The van der Waals surface area contributed by atoms with Gasteiger partial charge in [-0.1, -0.05) is 0 Å². The number of ether oxygens (including phenoxy) is 2. The third-order valence-electron chi connectivity index (χ3n) is 3.16. The fraction of sp³-hybridized carbons (Fsp3) is 0.462. The van der Waals surface area contributed by atoms with Gasteiger partial charge in [-0.05, 0) is 43.0 Å². The number of carbonyl (C=O) groups is 1. The normalized spacial score (nSPS) is 17.9. The summed E-state index contributed by atoms with van der Waals surface area (Å²) in [5.74, 6) is -0.218. The minimum Gasteiger partial charge on any atom is -0.491 e. The van der Waals surface area contributed by atoms with Gasteiger partial charge in [0.1, 0.15) is 18.2 Å². The van der Waals surface area contributed by atoms with Crippen LogP contribution in [0.2, 0.25) is 0 Å². The van der Waals surface area contributed by atoms with E-state index in [-0.39, 0.29) is 18.3 Å². The molecule has 1 unspecified atom stereocenters. The van der Waals surface area contributed by atoms with E-state index < -0.39 is 11.5 Å². The standard InChI is InChI=1S/C13H16FNO3/c1-17-12(16)13(15,9-2-3-9)8-18-11-6-4-10(14)5-7-11/h4-7,9H,2-3,8,15H2,1H3. The van der Waals surface area contributed by atoms with E-state index in [4.69, 9.17) is 15.2 Å². The molecule has 0 heterocycles. The fourth-order valence-corrected chi connectivity index (χ4v) is 1.87. The number of hydrogen-bond acceptors (Lipinski definition) is 4. The molecule has 1 aliphatic carbocycles. The number of benzene rings is 1. The Bertz CT molecular complexity index is 430. The molecule has 2 rings (SSSR count). The summed E-state index contributed by atoms with van der Waals surface area (Å²) in [5, 5.41) is 0. The molecule has 1 atom stereocenters. The largest absolute Gasteiger partial charge is 0.491 e. The Hall–Kier alpha value is -1.62. The van der Waals surface area contributed by atoms with Gasteiger partial charge in [0.2, 0.25) is 0 Å². The minimum absolute atomic E-state index is 0.0377. The average molecular weight is 253 g/mol. The van der Waals surface area contributed by atoms with Gasteiger partial charge in [-0.15, -0.1) is 0 Å². The molecule has 1 fully saturated rings. The number of halogens is 1. The van der Waals surface area contributed by atoms with Crippen molar-refractivity contribution < 1.29 is 18.7 Å². The minimum atomic E-state index is -1.11. The van der Waals surface area contributed by atoms with E-state index in [0.717, 1.165) is 12.8 Å². The Morgan fingerprint density at radius 1 is 1.44 bits per heavy atom. The Morgan fingerprint density at radius 2 is 2.06 bits per heavy atom. The maximum Gasteiger partial charge on any atom is 0.329 e. The number of hydrogen-bond donors (Lipinski definition) is 1. The van der Waals surface area contributed by atoms with Gasteiger partial charge in [0.15, 0.2) is 5.54 Å². The zero-order chi connectivity index (χ0) is 13.2. The van der Waals surface area contributed by atoms with Crippen molar-refractivity contribution in [3.05, 3.63) is 30.1 Å². The van der Waals surface area contributed by atoms with E-state index in [1.165, 1.54) is 31.4 Å². The van der Waals surface area contributed by atoms with Crippen molar-refractivity contribution in [2.75, 3.05) is 13.7 Å². The highest BCUT2D eigenvalue weighted by Crippen LogP contribution is 2.39. The van der Waals surface area contributed by atoms with E-state index in [9.17, 15) is 9.18 Å². The summed E-state index contributed by atoms with van der Waals surface area (Å²) in [4.78, 5) is 11.7. The summed E-state index contributed by atoms with van der Waals surface area (Å²) in [7, 11) is 1.31. The molecule has 0 bridgehead atoms. The first-order valence-electron chi connectivity index (χ1n) is 5.82. The van der Waals surface area contributed by atoms with Crippen LogP contribution in [-0.4, -0.2) is 25.2 Å². The van der Waals surface area contributed by atoms with Crippen molar-refractivity contribution in [3.8, 4) is 5.75 Å². The van der Waals surface area contributed by atoms with E-state index in [1.807, 2.05) is 0 Å². The molecule has 0 aliphatic heterocycles. The van der Waals surface area contributed by atoms with Crippen LogP contribution >= 0.6 is 0 Å². The molecule has 18 heavy (non-hydrogen) atoms. The maximum absolute atomic E-state index is 12.7. The zero-order valence-corrected chi connectivity index (χ0v) is 10.2. The molecule has 0 amide bonds. The molecule has 0 spiro atoms. The van der Waals surface area contributed by atoms with Gasteiger partial charge in [-0.2, -0.15) is 0 Å². The first-order valence-corrected chi connectivity index (χ1v) is 5.82. The first kappa shape index (κ1) is 12.8. The van der Waals surface area contributed by atoms with Crippen LogP contribution in [0.1, 0.15) is 12.8 Å². The van der Waals surface area contributed by atoms with Crippen molar-refractivity contribution in [2.24, 2.45) is 11.7 Å². The second-order valence-corrected chi connectivity index (χ2v) is 4.55. The van der Waals surface area contributed by atoms with Crippen molar-refractivity contribution in [1.82, 2.24) is 0 Å². The lowest BCUT2D eigenvalue weighted by Crippen LogP contribution is -2.55. The Morgan fingerprint density at radius 3 is 2.56 bits per heavy atom. The van der Waals surface area contributed by atoms with Crippen LogP contribution in [0.5, 0.6) is 5.75 Å². The summed E-state index contributed by atoms with van der Waals surface area (Å²) in [6.45, 7) is 0.0377. The summed E-state index contributed by atoms with van der Waals surface area (Å²) in [6.07, 6.45) is 1.80. The highest BCUT2D eigenvalue weighted by atomic mass is 19.1. The third kappa shape index (κ3) is 2.61. The van der Waals surface area contributed by atoms with E-state index in [1.54, 1.807) is 0 Å². The first-order chi connectivity index (χ1) is 8.56. The summed E-state index contributed by atoms with van der Waals surface area (Å²) in [5.41, 5.74) is 4.95. The van der Waals surface area contributed by atoms with Crippen molar-refractivity contribution in [3.63, 3.8) is 0 Å². The Labute approximate surface area is 105 Å². The Balaban J connectivity index is 2.02. The molecule has 0 aromatic heterocycles. The summed E-state index contributed by atoms with van der Waals surface area (Å²) < 4.78 is 22.9. The summed E-state index contributed by atoms with van der Waals surface area (Å²) >= 11 is 0. The van der Waals surface area contributed by atoms with Gasteiger partial charge in [0.25, 0.3) is 0 Å². The average Bonchev–Trinajstić information content (AvgIpc) is 3.21. The van der Waals surface area contributed by atoms with Crippen LogP contribution in [0.15, 0.2) is 24.3 Å². The predicted molar refractivity (Wildman–Crippen MR) is 63.6 cm³/mol. The quantitative estimate of drug-likeness (QED) is 0.807. The van der Waals surface area contributed by atoms with Crippen molar-refractivity contribution in [2.45, 2.75) is 18.4 Å². The van der Waals surface area contributed by atoms with E-state index >= 15 is 0 Å². The lowest BCUT2D eigenvalue weighted by atomic mass is 9.96. The lowest BCUT2D eigenvalue weighted by molar-refractivity contribution is -0.149. The number of carbonyl (C=O) groups excluding carboxylic acids is 1. The topological polar surface area (TPSA) is 61.5 Å². The van der Waals surface area contributed by atoms with Crippen LogP contribution in [0.4, 0.5) is 4.39 Å². The molecule has 1 aromatic rings. The number of rotatable bonds is 5. The summed E-state index contributed by atoms with van der Waals surface area (Å²) in [6, 6.07) is 5.59. The monoisotopic (exact) mass is 253 g/mol. The molecule has 0 saturated heterocycles. The number of esters is 1. The predicted octanol–water partition coefficient (Wildman–Crippen LogP) is 1.48. The van der Waals surface area contributed by atoms with E-state index in [2.05, 4.69) is 0 Å². The zero-order valence-electron chi connectivity index (χ0n) is 10.2.